The first-order valence-corrected chi connectivity index (χ1v) is 7.30. The second kappa shape index (κ2) is 10.5. The van der Waals surface area contributed by atoms with Crippen LogP contribution in [0.15, 0.2) is 10.4 Å². The molecule has 0 radical (unpaired) electrons. The molecule has 0 unspecified atom stereocenters. The SMILES string of the molecule is CC(C)(C)CCCCNC(=O)[C@@H](CCCCN=O)N=O. The first-order valence-electron chi connectivity index (χ1n) is 7.30. The molecule has 0 aliphatic heterocycles. The number of carbonyl (C=O) groups excluding carboxylic acids is 1. The molecule has 0 aromatic rings. The molecule has 1 amide bonds. The molecular formula is C14H27N3O3. The van der Waals surface area contributed by atoms with Crippen molar-refractivity contribution in [3.63, 3.8) is 0 Å². The van der Waals surface area contributed by atoms with Crippen LogP contribution in [0.5, 0.6) is 0 Å². The number of unbranched alkanes of at least 4 members (excludes halogenated alkanes) is 2. The van der Waals surface area contributed by atoms with Gasteiger partial charge < -0.3 is 5.32 Å². The van der Waals surface area contributed by atoms with Crippen LogP contribution in [0.2, 0.25) is 0 Å². The molecule has 6 heteroatoms. The lowest BCUT2D eigenvalue weighted by Gasteiger charge is -2.17. The maximum Gasteiger partial charge on any atom is 0.248 e. The van der Waals surface area contributed by atoms with Crippen LogP contribution in [0.4, 0.5) is 0 Å². The number of carbonyl (C=O) groups is 1. The smallest absolute Gasteiger partial charge is 0.248 e. The fourth-order valence-corrected chi connectivity index (χ4v) is 1.86. The van der Waals surface area contributed by atoms with E-state index in [9.17, 15) is 14.6 Å². The third-order valence-corrected chi connectivity index (χ3v) is 3.06. The molecule has 116 valence electrons. The highest BCUT2D eigenvalue weighted by Gasteiger charge is 2.18. The van der Waals surface area contributed by atoms with E-state index in [2.05, 4.69) is 36.4 Å². The molecule has 0 aromatic carbocycles. The van der Waals surface area contributed by atoms with E-state index in [0.717, 1.165) is 19.3 Å². The van der Waals surface area contributed by atoms with Crippen molar-refractivity contribution < 1.29 is 4.79 Å². The molecule has 1 N–H and O–H groups in total. The average molecular weight is 285 g/mol. The van der Waals surface area contributed by atoms with E-state index in [-0.39, 0.29) is 12.5 Å². The highest BCUT2D eigenvalue weighted by Crippen LogP contribution is 2.21. The van der Waals surface area contributed by atoms with E-state index < -0.39 is 6.04 Å². The van der Waals surface area contributed by atoms with Gasteiger partial charge in [0, 0.05) is 6.54 Å². The van der Waals surface area contributed by atoms with Crippen LogP contribution in [0.3, 0.4) is 0 Å². The second-order valence-electron chi connectivity index (χ2n) is 6.28. The zero-order chi connectivity index (χ0) is 15.4. The van der Waals surface area contributed by atoms with Gasteiger partial charge in [0.05, 0.1) is 6.54 Å². The molecule has 0 saturated heterocycles. The molecule has 0 spiro atoms. The highest BCUT2D eigenvalue weighted by atomic mass is 16.3. The van der Waals surface area contributed by atoms with E-state index in [1.165, 1.54) is 0 Å². The summed E-state index contributed by atoms with van der Waals surface area (Å²) in [6.07, 6.45) is 4.65. The van der Waals surface area contributed by atoms with Gasteiger partial charge in [0.15, 0.2) is 6.04 Å². The summed E-state index contributed by atoms with van der Waals surface area (Å²) in [6.45, 7) is 7.36. The van der Waals surface area contributed by atoms with Crippen molar-refractivity contribution in [2.45, 2.75) is 65.3 Å². The summed E-state index contributed by atoms with van der Waals surface area (Å²) in [5.41, 5.74) is 0.309. The van der Waals surface area contributed by atoms with Gasteiger partial charge in [0.1, 0.15) is 0 Å². The maximum atomic E-state index is 11.7. The molecule has 0 aliphatic rings. The van der Waals surface area contributed by atoms with Crippen molar-refractivity contribution in [1.29, 1.82) is 0 Å². The Bertz CT molecular complexity index is 301. The third-order valence-electron chi connectivity index (χ3n) is 3.06. The van der Waals surface area contributed by atoms with Crippen LogP contribution < -0.4 is 5.32 Å². The fraction of sp³-hybridized carbons (Fsp3) is 0.929. The number of amides is 1. The Hall–Kier alpha value is -1.33. The Kier molecular flexibility index (Phi) is 9.76. The van der Waals surface area contributed by atoms with Gasteiger partial charge in [-0.3, -0.25) is 4.79 Å². The summed E-state index contributed by atoms with van der Waals surface area (Å²) in [5, 5.41) is 8.33. The van der Waals surface area contributed by atoms with Crippen molar-refractivity contribution in [2.24, 2.45) is 15.8 Å². The quantitative estimate of drug-likeness (QED) is 0.466. The van der Waals surface area contributed by atoms with Crippen molar-refractivity contribution in [1.82, 2.24) is 5.32 Å². The van der Waals surface area contributed by atoms with Gasteiger partial charge in [-0.15, -0.1) is 4.91 Å². The summed E-state index contributed by atoms with van der Waals surface area (Å²) in [6, 6.07) is -0.843. The lowest BCUT2D eigenvalue weighted by atomic mass is 9.90. The molecule has 20 heavy (non-hydrogen) atoms. The predicted molar refractivity (Wildman–Crippen MR) is 80.4 cm³/mol. The van der Waals surface area contributed by atoms with Crippen LogP contribution in [0.1, 0.15) is 59.3 Å². The maximum absolute atomic E-state index is 11.7. The van der Waals surface area contributed by atoms with Gasteiger partial charge in [0.25, 0.3) is 0 Å². The standard InChI is InChI=1S/C14H27N3O3/c1-14(2,3)9-5-7-10-15-13(18)12(17-20)8-4-6-11-16-19/h12H,4-11H2,1-3H3,(H,15,18)/t12-/m1/s1. The Morgan fingerprint density at radius 2 is 1.80 bits per heavy atom. The van der Waals surface area contributed by atoms with Gasteiger partial charge in [-0.1, -0.05) is 37.5 Å². The Morgan fingerprint density at radius 3 is 2.35 bits per heavy atom. The summed E-state index contributed by atoms with van der Waals surface area (Å²) in [7, 11) is 0. The van der Waals surface area contributed by atoms with Crippen LogP contribution in [-0.4, -0.2) is 25.0 Å². The molecule has 1 atom stereocenters. The molecule has 6 nitrogen and oxygen atoms in total. The van der Waals surface area contributed by atoms with Crippen LogP contribution >= 0.6 is 0 Å². The van der Waals surface area contributed by atoms with Gasteiger partial charge in [-0.2, -0.15) is 4.91 Å². The second-order valence-corrected chi connectivity index (χ2v) is 6.28. The summed E-state index contributed by atoms with van der Waals surface area (Å²) in [5.74, 6) is -0.310. The topological polar surface area (TPSA) is 88.0 Å². The Balaban J connectivity index is 3.75. The number of hydrogen-bond donors (Lipinski definition) is 1. The van der Waals surface area contributed by atoms with Crippen molar-refractivity contribution in [3.8, 4) is 0 Å². The fourth-order valence-electron chi connectivity index (χ4n) is 1.86. The molecular weight excluding hydrogens is 258 g/mol. The van der Waals surface area contributed by atoms with Crippen LogP contribution in [0, 0.1) is 15.2 Å². The highest BCUT2D eigenvalue weighted by molar-refractivity contribution is 5.81. The molecule has 0 rings (SSSR count). The van der Waals surface area contributed by atoms with Crippen LogP contribution in [-0.2, 0) is 4.79 Å². The van der Waals surface area contributed by atoms with Gasteiger partial charge in [0.2, 0.25) is 5.91 Å². The van der Waals surface area contributed by atoms with E-state index in [1.54, 1.807) is 0 Å². The molecule has 0 saturated carbocycles. The molecule has 0 bridgehead atoms. The Morgan fingerprint density at radius 1 is 1.10 bits per heavy atom. The van der Waals surface area contributed by atoms with Crippen molar-refractivity contribution in [2.75, 3.05) is 13.1 Å². The Labute approximate surface area is 121 Å². The molecule has 0 heterocycles. The first-order chi connectivity index (χ1) is 9.40. The number of nitrogens with zero attached hydrogens (tertiary/aromatic N) is 2. The minimum Gasteiger partial charge on any atom is -0.354 e. The first kappa shape index (κ1) is 18.7. The normalized spacial score (nSPS) is 12.8. The minimum atomic E-state index is -0.843. The predicted octanol–water partition coefficient (Wildman–Crippen LogP) is 3.39. The summed E-state index contributed by atoms with van der Waals surface area (Å²) in [4.78, 5) is 32.3. The van der Waals surface area contributed by atoms with Crippen molar-refractivity contribution >= 4 is 5.91 Å². The van der Waals surface area contributed by atoms with E-state index in [0.29, 0.717) is 31.2 Å². The zero-order valence-electron chi connectivity index (χ0n) is 12.9. The van der Waals surface area contributed by atoms with Crippen molar-refractivity contribution in [3.05, 3.63) is 9.81 Å². The van der Waals surface area contributed by atoms with Gasteiger partial charge in [-0.25, -0.2) is 0 Å². The number of hydrogen-bond acceptors (Lipinski definition) is 5. The molecule has 0 aliphatic carbocycles. The lowest BCUT2D eigenvalue weighted by Crippen LogP contribution is -2.34. The molecule has 0 fully saturated rings. The van der Waals surface area contributed by atoms with Crippen LogP contribution in [0.25, 0.3) is 0 Å². The third kappa shape index (κ3) is 10.6. The van der Waals surface area contributed by atoms with E-state index in [1.807, 2.05) is 0 Å². The summed E-state index contributed by atoms with van der Waals surface area (Å²) >= 11 is 0. The van der Waals surface area contributed by atoms with Gasteiger partial charge >= 0.3 is 0 Å². The largest absolute Gasteiger partial charge is 0.354 e. The zero-order valence-corrected chi connectivity index (χ0v) is 12.9. The minimum absolute atomic E-state index is 0.222. The monoisotopic (exact) mass is 285 g/mol. The number of nitrogens with one attached hydrogen (secondary N) is 1. The summed E-state index contributed by atoms with van der Waals surface area (Å²) < 4.78 is 0. The van der Waals surface area contributed by atoms with E-state index >= 15 is 0 Å². The molecule has 0 aromatic heterocycles. The van der Waals surface area contributed by atoms with Gasteiger partial charge in [-0.05, 0) is 37.5 Å². The number of rotatable bonds is 11. The number of nitroso groups, excluding NO2 is 2. The van der Waals surface area contributed by atoms with E-state index in [4.69, 9.17) is 0 Å². The lowest BCUT2D eigenvalue weighted by molar-refractivity contribution is -0.122. The average Bonchev–Trinajstić information content (AvgIpc) is 2.37.